The van der Waals surface area contributed by atoms with E-state index < -0.39 is 23.8 Å². The van der Waals surface area contributed by atoms with Gasteiger partial charge in [0.1, 0.15) is 17.2 Å². The molecule has 4 N–H and O–H groups in total. The summed E-state index contributed by atoms with van der Waals surface area (Å²) >= 11 is 0. The van der Waals surface area contributed by atoms with Crippen molar-refractivity contribution in [2.45, 2.75) is 19.2 Å². The lowest BCUT2D eigenvalue weighted by Gasteiger charge is -2.11. The molecular weight excluding hydrogens is 327 g/mol. The lowest BCUT2D eigenvalue weighted by molar-refractivity contribution is -0.144. The first-order valence-corrected chi connectivity index (χ1v) is 6.60. The molecule has 0 aromatic heterocycles. The maximum absolute atomic E-state index is 12.5. The molecular formula is C16H16F3NO4. The molecule has 0 spiro atoms. The molecule has 5 nitrogen and oxygen atoms in total. The van der Waals surface area contributed by atoms with Gasteiger partial charge in [-0.3, -0.25) is 0 Å². The fourth-order valence-corrected chi connectivity index (χ4v) is 1.69. The van der Waals surface area contributed by atoms with Crippen LogP contribution in [-0.4, -0.2) is 17.2 Å². The number of hydrogen-bond acceptors (Lipinski definition) is 4. The van der Waals surface area contributed by atoms with E-state index in [2.05, 4.69) is 0 Å². The number of carbonyl (C=O) groups is 1. The summed E-state index contributed by atoms with van der Waals surface area (Å²) in [6.45, 7) is 1.40. The standard InChI is InChI=1S/C16H13F3O4.H3N/c1-10(15(20)21)22-12-6-8-14(9-7-12)23-13-4-2-11(3-5-13)16(17,18)19;/h2-10H,1H3,(H,20,21);1H3/t10-;/m1./s1. The molecule has 0 heterocycles. The molecule has 0 aliphatic heterocycles. The quantitative estimate of drug-likeness (QED) is 0.833. The van der Waals surface area contributed by atoms with E-state index in [-0.39, 0.29) is 11.9 Å². The fraction of sp³-hybridized carbons (Fsp3) is 0.188. The molecule has 2 aromatic carbocycles. The van der Waals surface area contributed by atoms with E-state index >= 15 is 0 Å². The first-order chi connectivity index (χ1) is 10.8. The minimum atomic E-state index is -4.39. The second-order valence-corrected chi connectivity index (χ2v) is 4.69. The Morgan fingerprint density at radius 1 is 0.958 bits per heavy atom. The van der Waals surface area contributed by atoms with Gasteiger partial charge in [-0.1, -0.05) is 0 Å². The molecule has 130 valence electrons. The minimum Gasteiger partial charge on any atom is -0.479 e. The lowest BCUT2D eigenvalue weighted by atomic mass is 10.2. The van der Waals surface area contributed by atoms with Crippen LogP contribution in [0.3, 0.4) is 0 Å². The highest BCUT2D eigenvalue weighted by molar-refractivity contribution is 5.72. The largest absolute Gasteiger partial charge is 0.479 e. The van der Waals surface area contributed by atoms with Crippen molar-refractivity contribution in [3.05, 3.63) is 54.1 Å². The summed E-state index contributed by atoms with van der Waals surface area (Å²) < 4.78 is 47.9. The molecule has 0 aliphatic rings. The van der Waals surface area contributed by atoms with Gasteiger partial charge >= 0.3 is 12.1 Å². The van der Waals surface area contributed by atoms with Crippen molar-refractivity contribution in [1.29, 1.82) is 0 Å². The summed E-state index contributed by atoms with van der Waals surface area (Å²) in [5, 5.41) is 8.74. The summed E-state index contributed by atoms with van der Waals surface area (Å²) in [4.78, 5) is 10.7. The van der Waals surface area contributed by atoms with Gasteiger partial charge in [0, 0.05) is 0 Å². The third-order valence-electron chi connectivity index (χ3n) is 2.90. The van der Waals surface area contributed by atoms with E-state index in [9.17, 15) is 18.0 Å². The van der Waals surface area contributed by atoms with Crippen molar-refractivity contribution in [2.24, 2.45) is 0 Å². The Labute approximate surface area is 136 Å². The Hall–Kier alpha value is -2.74. The fourth-order valence-electron chi connectivity index (χ4n) is 1.69. The van der Waals surface area contributed by atoms with Crippen LogP contribution in [0.15, 0.2) is 48.5 Å². The zero-order valence-electron chi connectivity index (χ0n) is 12.7. The van der Waals surface area contributed by atoms with Crippen molar-refractivity contribution in [3.8, 4) is 17.2 Å². The lowest BCUT2D eigenvalue weighted by Crippen LogP contribution is -2.22. The molecule has 2 aromatic rings. The Morgan fingerprint density at radius 3 is 1.79 bits per heavy atom. The highest BCUT2D eigenvalue weighted by Gasteiger charge is 2.30. The average molecular weight is 343 g/mol. The van der Waals surface area contributed by atoms with Gasteiger partial charge < -0.3 is 20.7 Å². The molecule has 0 fully saturated rings. The Morgan fingerprint density at radius 2 is 1.38 bits per heavy atom. The van der Waals surface area contributed by atoms with E-state index in [4.69, 9.17) is 14.6 Å². The smallest absolute Gasteiger partial charge is 0.416 e. The van der Waals surface area contributed by atoms with E-state index in [0.717, 1.165) is 12.1 Å². The third-order valence-corrected chi connectivity index (χ3v) is 2.90. The van der Waals surface area contributed by atoms with Crippen LogP contribution in [0.4, 0.5) is 13.2 Å². The summed E-state index contributed by atoms with van der Waals surface area (Å²) in [5.74, 6) is -0.0968. The molecule has 1 atom stereocenters. The summed E-state index contributed by atoms with van der Waals surface area (Å²) in [7, 11) is 0. The maximum Gasteiger partial charge on any atom is 0.416 e. The Kier molecular flexibility index (Phi) is 6.19. The van der Waals surface area contributed by atoms with Crippen LogP contribution in [0.5, 0.6) is 17.2 Å². The first-order valence-electron chi connectivity index (χ1n) is 6.60. The van der Waals surface area contributed by atoms with Crippen LogP contribution in [0.2, 0.25) is 0 Å². The number of aliphatic carboxylic acids is 1. The molecule has 0 saturated carbocycles. The molecule has 24 heavy (non-hydrogen) atoms. The number of carboxylic acids is 1. The molecule has 0 amide bonds. The summed E-state index contributed by atoms with van der Waals surface area (Å²) in [5.41, 5.74) is -0.753. The number of hydrogen-bond donors (Lipinski definition) is 2. The van der Waals surface area contributed by atoms with Crippen molar-refractivity contribution >= 4 is 5.97 Å². The third kappa shape index (κ3) is 5.17. The van der Waals surface area contributed by atoms with Gasteiger partial charge in [0.2, 0.25) is 0 Å². The van der Waals surface area contributed by atoms with Crippen molar-refractivity contribution in [1.82, 2.24) is 6.15 Å². The minimum absolute atomic E-state index is 0. The van der Waals surface area contributed by atoms with Gasteiger partial charge in [-0.15, -0.1) is 0 Å². The summed E-state index contributed by atoms with van der Waals surface area (Å²) in [6, 6.07) is 10.4. The molecule has 8 heteroatoms. The van der Waals surface area contributed by atoms with Crippen LogP contribution in [-0.2, 0) is 11.0 Å². The number of carboxylic acid groups (broad SMARTS) is 1. The molecule has 0 saturated heterocycles. The van der Waals surface area contributed by atoms with Crippen LogP contribution >= 0.6 is 0 Å². The number of halogens is 3. The number of rotatable bonds is 5. The molecule has 2 rings (SSSR count). The number of benzene rings is 2. The first kappa shape index (κ1) is 19.3. The van der Waals surface area contributed by atoms with E-state index in [0.29, 0.717) is 11.5 Å². The van der Waals surface area contributed by atoms with E-state index in [1.54, 1.807) is 0 Å². The zero-order chi connectivity index (χ0) is 17.0. The van der Waals surface area contributed by atoms with Crippen LogP contribution in [0, 0.1) is 0 Å². The van der Waals surface area contributed by atoms with Gasteiger partial charge in [0.05, 0.1) is 5.56 Å². The van der Waals surface area contributed by atoms with Crippen molar-refractivity contribution in [2.75, 3.05) is 0 Å². The van der Waals surface area contributed by atoms with E-state index in [1.165, 1.54) is 43.3 Å². The van der Waals surface area contributed by atoms with Gasteiger partial charge in [-0.2, -0.15) is 13.2 Å². The average Bonchev–Trinajstić information content (AvgIpc) is 2.49. The second kappa shape index (κ2) is 7.69. The van der Waals surface area contributed by atoms with Gasteiger partial charge in [0.25, 0.3) is 0 Å². The molecule has 0 aliphatic carbocycles. The SMILES string of the molecule is C[C@@H](Oc1ccc(Oc2ccc(C(F)(F)F)cc2)cc1)C(=O)O.N. The van der Waals surface area contributed by atoms with Gasteiger partial charge in [-0.25, -0.2) is 4.79 Å². The molecule has 0 unspecified atom stereocenters. The highest BCUT2D eigenvalue weighted by Crippen LogP contribution is 2.31. The Balaban J connectivity index is 0.00000288. The zero-order valence-corrected chi connectivity index (χ0v) is 12.7. The van der Waals surface area contributed by atoms with E-state index in [1.807, 2.05) is 0 Å². The van der Waals surface area contributed by atoms with Crippen molar-refractivity contribution < 1.29 is 32.5 Å². The molecule has 0 radical (unpaired) electrons. The molecule has 0 bridgehead atoms. The topological polar surface area (TPSA) is 90.8 Å². The number of alkyl halides is 3. The Bertz CT molecular complexity index is 669. The monoisotopic (exact) mass is 343 g/mol. The number of ether oxygens (including phenoxy) is 2. The van der Waals surface area contributed by atoms with Crippen LogP contribution in [0.1, 0.15) is 12.5 Å². The highest BCUT2D eigenvalue weighted by atomic mass is 19.4. The maximum atomic E-state index is 12.5. The van der Waals surface area contributed by atoms with Crippen LogP contribution < -0.4 is 15.6 Å². The summed E-state index contributed by atoms with van der Waals surface area (Å²) in [6.07, 6.45) is -5.38. The second-order valence-electron chi connectivity index (χ2n) is 4.69. The normalized spacial score (nSPS) is 12.0. The van der Waals surface area contributed by atoms with Crippen molar-refractivity contribution in [3.63, 3.8) is 0 Å². The van der Waals surface area contributed by atoms with Gasteiger partial charge in [0.15, 0.2) is 6.10 Å². The van der Waals surface area contributed by atoms with Gasteiger partial charge in [-0.05, 0) is 55.5 Å². The predicted molar refractivity (Wildman–Crippen MR) is 80.7 cm³/mol. The predicted octanol–water partition coefficient (Wildman–Crippen LogP) is 4.51. The van der Waals surface area contributed by atoms with Crippen LogP contribution in [0.25, 0.3) is 0 Å².